The highest BCUT2D eigenvalue weighted by Gasteiger charge is 2.15. The normalized spacial score (nSPS) is 10.5. The molecule has 0 bridgehead atoms. The Balaban J connectivity index is 1.76. The number of hydrogen-bond acceptors (Lipinski definition) is 4. The van der Waals surface area contributed by atoms with E-state index in [1.165, 1.54) is 0 Å². The van der Waals surface area contributed by atoms with E-state index in [0.29, 0.717) is 17.9 Å². The number of amides is 1. The molecule has 1 aromatic carbocycles. The lowest BCUT2D eigenvalue weighted by Crippen LogP contribution is -2.23. The zero-order valence-corrected chi connectivity index (χ0v) is 12.9. The van der Waals surface area contributed by atoms with Crippen LogP contribution in [0.1, 0.15) is 21.8 Å². The third kappa shape index (κ3) is 3.11. The van der Waals surface area contributed by atoms with Gasteiger partial charge in [-0.25, -0.2) is 4.68 Å². The van der Waals surface area contributed by atoms with Crippen LogP contribution in [0.15, 0.2) is 53.3 Å². The predicted molar refractivity (Wildman–Crippen MR) is 84.7 cm³/mol. The van der Waals surface area contributed by atoms with Crippen molar-refractivity contribution < 1.29 is 13.9 Å². The van der Waals surface area contributed by atoms with Gasteiger partial charge in [0.2, 0.25) is 0 Å². The largest absolute Gasteiger partial charge is 0.497 e. The molecule has 6 heteroatoms. The molecular formula is C17H17N3O3. The fraction of sp³-hybridized carbons (Fsp3) is 0.176. The third-order valence-corrected chi connectivity index (χ3v) is 3.57. The molecule has 0 radical (unpaired) electrons. The van der Waals surface area contributed by atoms with E-state index < -0.39 is 0 Å². The highest BCUT2D eigenvalue weighted by molar-refractivity contribution is 5.95. The lowest BCUT2D eigenvalue weighted by molar-refractivity contribution is 0.0947. The molecule has 3 aromatic rings. The van der Waals surface area contributed by atoms with E-state index in [1.54, 1.807) is 30.3 Å². The highest BCUT2D eigenvalue weighted by atomic mass is 16.5. The second-order valence-electron chi connectivity index (χ2n) is 5.02. The summed E-state index contributed by atoms with van der Waals surface area (Å²) in [5.41, 5.74) is 2.17. The van der Waals surface area contributed by atoms with Gasteiger partial charge in [0.25, 0.3) is 5.91 Å². The second-order valence-corrected chi connectivity index (χ2v) is 5.02. The summed E-state index contributed by atoms with van der Waals surface area (Å²) in [6.45, 7) is 2.21. The van der Waals surface area contributed by atoms with Gasteiger partial charge in [-0.2, -0.15) is 5.10 Å². The number of aromatic nitrogens is 2. The maximum Gasteiger partial charge on any atom is 0.255 e. The van der Waals surface area contributed by atoms with Crippen molar-refractivity contribution in [2.24, 2.45) is 0 Å². The quantitative estimate of drug-likeness (QED) is 0.786. The van der Waals surface area contributed by atoms with Crippen molar-refractivity contribution in [2.75, 3.05) is 7.11 Å². The van der Waals surface area contributed by atoms with Crippen molar-refractivity contribution >= 4 is 5.91 Å². The van der Waals surface area contributed by atoms with Gasteiger partial charge in [0.1, 0.15) is 11.5 Å². The highest BCUT2D eigenvalue weighted by Crippen LogP contribution is 2.18. The molecule has 0 saturated carbocycles. The Morgan fingerprint density at radius 3 is 2.74 bits per heavy atom. The number of hydrogen-bond donors (Lipinski definition) is 1. The maximum atomic E-state index is 12.3. The van der Waals surface area contributed by atoms with E-state index in [0.717, 1.165) is 17.1 Å². The number of nitrogens with zero attached hydrogens (tertiary/aromatic N) is 2. The predicted octanol–water partition coefficient (Wildman–Crippen LogP) is 2.71. The molecule has 23 heavy (non-hydrogen) atoms. The van der Waals surface area contributed by atoms with Crippen LogP contribution in [-0.2, 0) is 6.54 Å². The van der Waals surface area contributed by atoms with Gasteiger partial charge in [-0.1, -0.05) is 0 Å². The Bertz CT molecular complexity index is 789. The van der Waals surface area contributed by atoms with Crippen molar-refractivity contribution in [1.29, 1.82) is 0 Å². The van der Waals surface area contributed by atoms with Gasteiger partial charge in [-0.3, -0.25) is 4.79 Å². The third-order valence-electron chi connectivity index (χ3n) is 3.57. The van der Waals surface area contributed by atoms with Gasteiger partial charge in [-0.15, -0.1) is 0 Å². The first-order chi connectivity index (χ1) is 11.2. The minimum atomic E-state index is -0.182. The van der Waals surface area contributed by atoms with Crippen LogP contribution in [-0.4, -0.2) is 22.8 Å². The average molecular weight is 311 g/mol. The van der Waals surface area contributed by atoms with Crippen LogP contribution in [0.2, 0.25) is 0 Å². The summed E-state index contributed by atoms with van der Waals surface area (Å²) in [4.78, 5) is 12.3. The lowest BCUT2D eigenvalue weighted by atomic mass is 10.2. The van der Waals surface area contributed by atoms with E-state index in [4.69, 9.17) is 9.15 Å². The van der Waals surface area contributed by atoms with Crippen LogP contribution in [0.25, 0.3) is 5.69 Å². The van der Waals surface area contributed by atoms with E-state index in [-0.39, 0.29) is 5.91 Å². The molecule has 0 spiro atoms. The zero-order valence-electron chi connectivity index (χ0n) is 12.9. The van der Waals surface area contributed by atoms with Crippen LogP contribution in [0, 0.1) is 6.92 Å². The molecule has 0 saturated heterocycles. The second kappa shape index (κ2) is 6.39. The van der Waals surface area contributed by atoms with Crippen molar-refractivity contribution in [1.82, 2.24) is 15.1 Å². The molecule has 0 aliphatic carbocycles. The Labute approximate surface area is 133 Å². The summed E-state index contributed by atoms with van der Waals surface area (Å²) < 4.78 is 12.1. The van der Waals surface area contributed by atoms with Crippen molar-refractivity contribution in [3.05, 3.63) is 65.9 Å². The van der Waals surface area contributed by atoms with Gasteiger partial charge in [0.05, 0.1) is 43.1 Å². The first-order valence-electron chi connectivity index (χ1n) is 7.18. The molecule has 0 fully saturated rings. The Morgan fingerprint density at radius 1 is 1.30 bits per heavy atom. The van der Waals surface area contributed by atoms with Crippen LogP contribution < -0.4 is 10.1 Å². The molecule has 2 aromatic heterocycles. The number of benzene rings is 1. The smallest absolute Gasteiger partial charge is 0.255 e. The van der Waals surface area contributed by atoms with E-state index in [1.807, 2.05) is 37.3 Å². The zero-order chi connectivity index (χ0) is 16.2. The average Bonchev–Trinajstić information content (AvgIpc) is 3.22. The van der Waals surface area contributed by atoms with E-state index >= 15 is 0 Å². The number of nitrogens with one attached hydrogen (secondary N) is 1. The van der Waals surface area contributed by atoms with E-state index in [2.05, 4.69) is 10.4 Å². The molecule has 1 amide bonds. The molecule has 0 unspecified atom stereocenters. The minimum Gasteiger partial charge on any atom is -0.497 e. The molecule has 0 atom stereocenters. The van der Waals surface area contributed by atoms with Gasteiger partial charge < -0.3 is 14.5 Å². The van der Waals surface area contributed by atoms with Crippen LogP contribution in [0.5, 0.6) is 5.75 Å². The summed E-state index contributed by atoms with van der Waals surface area (Å²) in [5.74, 6) is 1.30. The Kier molecular flexibility index (Phi) is 4.14. The summed E-state index contributed by atoms with van der Waals surface area (Å²) in [6.07, 6.45) is 3.14. The molecule has 0 aliphatic heterocycles. The number of furan rings is 1. The summed E-state index contributed by atoms with van der Waals surface area (Å²) >= 11 is 0. The standard InChI is InChI=1S/C17H17N3O3/c1-12-16(17(21)18-10-15-4-3-9-23-15)11-19-20(12)13-5-7-14(22-2)8-6-13/h3-9,11H,10H2,1-2H3,(H,18,21). The molecule has 6 nitrogen and oxygen atoms in total. The Hall–Kier alpha value is -3.02. The monoisotopic (exact) mass is 311 g/mol. The van der Waals surface area contributed by atoms with Gasteiger partial charge >= 0.3 is 0 Å². The van der Waals surface area contributed by atoms with Crippen molar-refractivity contribution in [3.8, 4) is 11.4 Å². The molecule has 2 heterocycles. The topological polar surface area (TPSA) is 69.3 Å². The lowest BCUT2D eigenvalue weighted by Gasteiger charge is -2.07. The number of rotatable bonds is 5. The Morgan fingerprint density at radius 2 is 2.09 bits per heavy atom. The number of carbonyl (C=O) groups excluding carboxylic acids is 1. The summed E-state index contributed by atoms with van der Waals surface area (Å²) in [5, 5.41) is 7.12. The molecule has 0 aliphatic rings. The molecule has 1 N–H and O–H groups in total. The number of carbonyl (C=O) groups is 1. The van der Waals surface area contributed by atoms with Crippen LogP contribution in [0.4, 0.5) is 0 Å². The number of methoxy groups -OCH3 is 1. The first kappa shape index (κ1) is 14.9. The van der Waals surface area contributed by atoms with Gasteiger partial charge in [-0.05, 0) is 43.3 Å². The molecular weight excluding hydrogens is 294 g/mol. The van der Waals surface area contributed by atoms with Gasteiger partial charge in [0.15, 0.2) is 0 Å². The summed E-state index contributed by atoms with van der Waals surface area (Å²) in [6, 6.07) is 11.1. The fourth-order valence-corrected chi connectivity index (χ4v) is 2.29. The maximum absolute atomic E-state index is 12.3. The van der Waals surface area contributed by atoms with E-state index in [9.17, 15) is 4.79 Å². The fourth-order valence-electron chi connectivity index (χ4n) is 2.29. The SMILES string of the molecule is COc1ccc(-n2ncc(C(=O)NCc3ccco3)c2C)cc1. The van der Waals surface area contributed by atoms with Crippen molar-refractivity contribution in [3.63, 3.8) is 0 Å². The molecule has 3 rings (SSSR count). The van der Waals surface area contributed by atoms with Gasteiger partial charge in [0, 0.05) is 0 Å². The first-order valence-corrected chi connectivity index (χ1v) is 7.18. The van der Waals surface area contributed by atoms with Crippen LogP contribution in [0.3, 0.4) is 0 Å². The number of ether oxygens (including phenoxy) is 1. The van der Waals surface area contributed by atoms with Crippen LogP contribution >= 0.6 is 0 Å². The minimum absolute atomic E-state index is 0.182. The molecule has 118 valence electrons. The summed E-state index contributed by atoms with van der Waals surface area (Å²) in [7, 11) is 1.62. The van der Waals surface area contributed by atoms with Crippen molar-refractivity contribution in [2.45, 2.75) is 13.5 Å².